The molecule has 6 atom stereocenters. The van der Waals surface area contributed by atoms with Crippen LogP contribution in [0.2, 0.25) is 0 Å². The molecule has 1 aromatic heterocycles. The van der Waals surface area contributed by atoms with Gasteiger partial charge in [-0.2, -0.15) is 0 Å². The summed E-state index contributed by atoms with van der Waals surface area (Å²) in [5.74, 6) is 0.325. The number of pyridine rings is 1. The zero-order valence-electron chi connectivity index (χ0n) is 27.3. The van der Waals surface area contributed by atoms with Gasteiger partial charge in [-0.3, -0.25) is 4.98 Å². The topological polar surface area (TPSA) is 77.5 Å². The number of nitrogens with zero attached hydrogens (tertiary/aromatic N) is 2. The van der Waals surface area contributed by atoms with Crippen molar-refractivity contribution in [3.8, 4) is 0 Å². The maximum Gasteiger partial charge on any atom is 0.408 e. The fraction of sp³-hybridized carbons (Fsp3) is 0.359. The smallest absolute Gasteiger partial charge is 0.408 e. The van der Waals surface area contributed by atoms with Gasteiger partial charge in [0.1, 0.15) is 18.2 Å². The quantitative estimate of drug-likeness (QED) is 0.156. The molecule has 2 bridgehead atoms. The standard InChI is InChI=1S/C39H43N3O4.BrH/c1-5-28-26-42(25-27-14-8-6-9-15-27)23-21-30(28)24-34(42)36(32-20-22-40-33-19-13-12-18-31(32)33)45-37(43)35(29-16-10-7-11-17-29)41-38(44)46-39(2,3)4;/h5-20,22,28,30,34-36H,1,21,23-26H2,2-4H3;1H/t28-,30-,34+,35+,36-,42?;/m0./s1. The molecule has 0 aliphatic carbocycles. The van der Waals surface area contributed by atoms with Crippen LogP contribution in [0.4, 0.5) is 4.79 Å². The van der Waals surface area contributed by atoms with Crippen LogP contribution in [0.25, 0.3) is 10.9 Å². The molecule has 7 nitrogen and oxygen atoms in total. The number of carbonyl (C=O) groups excluding carboxylic acids is 2. The first-order valence-electron chi connectivity index (χ1n) is 16.3. The number of fused-ring (bicyclic) bond motifs is 4. The van der Waals surface area contributed by atoms with Crippen molar-refractivity contribution in [3.63, 3.8) is 0 Å². The van der Waals surface area contributed by atoms with Crippen molar-refractivity contribution in [2.45, 2.75) is 63.9 Å². The van der Waals surface area contributed by atoms with Crippen LogP contribution in [-0.4, -0.2) is 46.3 Å². The molecular weight excluding hydrogens is 654 g/mol. The Labute approximate surface area is 288 Å². The predicted octanol–water partition coefficient (Wildman–Crippen LogP) is 4.70. The molecule has 8 heteroatoms. The van der Waals surface area contributed by atoms with E-state index in [1.165, 1.54) is 5.56 Å². The molecule has 1 N–H and O–H groups in total. The fourth-order valence-corrected chi connectivity index (χ4v) is 7.57. The Hall–Kier alpha value is -4.01. The van der Waals surface area contributed by atoms with Crippen molar-refractivity contribution in [1.29, 1.82) is 0 Å². The van der Waals surface area contributed by atoms with E-state index < -0.39 is 29.8 Å². The number of para-hydroxylation sites is 1. The largest absolute Gasteiger partial charge is 1.00 e. The summed E-state index contributed by atoms with van der Waals surface area (Å²) < 4.78 is 13.1. The summed E-state index contributed by atoms with van der Waals surface area (Å²) in [6.07, 6.45) is 4.67. The minimum absolute atomic E-state index is 0. The Bertz CT molecular complexity index is 1690. The van der Waals surface area contributed by atoms with Gasteiger partial charge >= 0.3 is 12.1 Å². The first kappa shape index (κ1) is 34.3. The average molecular weight is 699 g/mol. The molecule has 3 aliphatic rings. The second-order valence-corrected chi connectivity index (χ2v) is 13.8. The maximum atomic E-state index is 14.5. The van der Waals surface area contributed by atoms with E-state index in [0.717, 1.165) is 53.4 Å². The summed E-state index contributed by atoms with van der Waals surface area (Å²) >= 11 is 0. The highest BCUT2D eigenvalue weighted by Crippen LogP contribution is 2.49. The Morgan fingerprint density at radius 1 is 1.00 bits per heavy atom. The summed E-state index contributed by atoms with van der Waals surface area (Å²) in [6, 6.07) is 28.8. The van der Waals surface area contributed by atoms with Crippen LogP contribution in [0.3, 0.4) is 0 Å². The molecule has 0 saturated carbocycles. The monoisotopic (exact) mass is 697 g/mol. The summed E-state index contributed by atoms with van der Waals surface area (Å²) in [5.41, 5.74) is 2.94. The lowest BCUT2D eigenvalue weighted by atomic mass is 9.71. The van der Waals surface area contributed by atoms with Crippen molar-refractivity contribution < 1.29 is 40.5 Å². The molecule has 4 aromatic rings. The lowest BCUT2D eigenvalue weighted by Crippen LogP contribution is -3.00. The highest BCUT2D eigenvalue weighted by Gasteiger charge is 2.55. The molecule has 1 amide bonds. The number of quaternary nitrogens is 1. The summed E-state index contributed by atoms with van der Waals surface area (Å²) in [6.45, 7) is 12.4. The molecule has 3 saturated heterocycles. The molecule has 246 valence electrons. The van der Waals surface area contributed by atoms with Gasteiger partial charge in [0.05, 0.1) is 18.6 Å². The number of aromatic nitrogens is 1. The molecule has 4 heterocycles. The number of ether oxygens (including phenoxy) is 2. The summed E-state index contributed by atoms with van der Waals surface area (Å²) in [5, 5.41) is 3.78. The van der Waals surface area contributed by atoms with Crippen LogP contribution in [0, 0.1) is 11.8 Å². The molecule has 3 fully saturated rings. The third-order valence-corrected chi connectivity index (χ3v) is 9.63. The van der Waals surface area contributed by atoms with E-state index in [2.05, 4.69) is 53.3 Å². The number of benzene rings is 3. The third kappa shape index (κ3) is 7.60. The molecule has 47 heavy (non-hydrogen) atoms. The number of alkyl carbamates (subject to hydrolysis) is 1. The van der Waals surface area contributed by atoms with E-state index in [0.29, 0.717) is 17.4 Å². The molecule has 3 aliphatic heterocycles. The number of carbonyl (C=O) groups is 2. The van der Waals surface area contributed by atoms with Crippen LogP contribution in [0.1, 0.15) is 62.4 Å². The molecule has 3 aromatic carbocycles. The number of hydrogen-bond acceptors (Lipinski definition) is 5. The second-order valence-electron chi connectivity index (χ2n) is 13.8. The second kappa shape index (κ2) is 14.4. The maximum absolute atomic E-state index is 14.5. The van der Waals surface area contributed by atoms with Gasteiger partial charge in [-0.15, -0.1) is 6.58 Å². The first-order chi connectivity index (χ1) is 22.2. The number of piperidine rings is 3. The van der Waals surface area contributed by atoms with Gasteiger partial charge in [0.25, 0.3) is 0 Å². The summed E-state index contributed by atoms with van der Waals surface area (Å²) in [7, 11) is 0. The Morgan fingerprint density at radius 3 is 2.38 bits per heavy atom. The first-order valence-corrected chi connectivity index (χ1v) is 16.3. The number of hydrogen-bond donors (Lipinski definition) is 1. The van der Waals surface area contributed by atoms with Crippen molar-refractivity contribution in [1.82, 2.24) is 10.3 Å². The van der Waals surface area contributed by atoms with Gasteiger partial charge in [0.15, 0.2) is 12.1 Å². The Balaban J connectivity index is 0.00000433. The fourth-order valence-electron chi connectivity index (χ4n) is 7.57. The van der Waals surface area contributed by atoms with E-state index in [-0.39, 0.29) is 23.0 Å². The normalized spacial score (nSPS) is 23.2. The van der Waals surface area contributed by atoms with E-state index in [1.807, 2.05) is 60.7 Å². The van der Waals surface area contributed by atoms with Crippen molar-refractivity contribution in [2.75, 3.05) is 13.1 Å². The van der Waals surface area contributed by atoms with Crippen molar-refractivity contribution in [3.05, 3.63) is 127 Å². The van der Waals surface area contributed by atoms with Crippen LogP contribution in [0.5, 0.6) is 0 Å². The summed E-state index contributed by atoms with van der Waals surface area (Å²) in [4.78, 5) is 32.1. The molecular formula is C39H44BrN3O4. The van der Waals surface area contributed by atoms with Crippen LogP contribution in [0.15, 0.2) is 110 Å². The lowest BCUT2D eigenvalue weighted by Gasteiger charge is -2.58. The van der Waals surface area contributed by atoms with E-state index in [1.54, 1.807) is 27.0 Å². The Kier molecular flexibility index (Phi) is 10.5. The van der Waals surface area contributed by atoms with Crippen molar-refractivity contribution >= 4 is 23.0 Å². The van der Waals surface area contributed by atoms with Gasteiger partial charge in [0.2, 0.25) is 0 Å². The van der Waals surface area contributed by atoms with Crippen LogP contribution < -0.4 is 22.3 Å². The van der Waals surface area contributed by atoms with Crippen molar-refractivity contribution in [2.24, 2.45) is 11.8 Å². The minimum atomic E-state index is -1.05. The predicted molar refractivity (Wildman–Crippen MR) is 179 cm³/mol. The third-order valence-electron chi connectivity index (χ3n) is 9.63. The number of halogens is 1. The van der Waals surface area contributed by atoms with Gasteiger partial charge in [-0.05, 0) is 44.4 Å². The van der Waals surface area contributed by atoms with E-state index in [9.17, 15) is 9.59 Å². The Morgan fingerprint density at radius 2 is 1.68 bits per heavy atom. The molecule has 0 spiro atoms. The minimum Gasteiger partial charge on any atom is -1.00 e. The van der Waals surface area contributed by atoms with Gasteiger partial charge < -0.3 is 36.3 Å². The van der Waals surface area contributed by atoms with E-state index in [4.69, 9.17) is 9.47 Å². The van der Waals surface area contributed by atoms with Gasteiger partial charge in [0, 0.05) is 41.5 Å². The van der Waals surface area contributed by atoms with E-state index >= 15 is 0 Å². The molecule has 0 radical (unpaired) electrons. The van der Waals surface area contributed by atoms with Crippen LogP contribution >= 0.6 is 0 Å². The van der Waals surface area contributed by atoms with Gasteiger partial charge in [-0.1, -0.05) is 84.9 Å². The highest BCUT2D eigenvalue weighted by atomic mass is 79.9. The molecule has 1 unspecified atom stereocenters. The molecule has 7 rings (SSSR count). The van der Waals surface area contributed by atoms with Gasteiger partial charge in [-0.25, -0.2) is 9.59 Å². The number of esters is 1. The SMILES string of the molecule is C=C[C@H]1C[N+]2(Cc3ccccc3)CC[C@H]1C[C@@H]2[C@@H](OC(=O)[C@H](NC(=O)OC(C)(C)C)c1ccccc1)c1ccnc2ccccc12.[Br-]. The number of amides is 1. The number of nitrogens with one attached hydrogen (secondary N) is 1. The highest BCUT2D eigenvalue weighted by molar-refractivity contribution is 5.85. The lowest BCUT2D eigenvalue weighted by molar-refractivity contribution is -0.984. The zero-order valence-corrected chi connectivity index (χ0v) is 28.9. The average Bonchev–Trinajstić information content (AvgIpc) is 3.06. The van der Waals surface area contributed by atoms with Crippen LogP contribution in [-0.2, 0) is 20.8 Å². The zero-order chi connectivity index (χ0) is 32.3. The number of rotatable bonds is 9.